The van der Waals surface area contributed by atoms with Crippen molar-refractivity contribution in [3.05, 3.63) is 98.2 Å². The van der Waals surface area contributed by atoms with Gasteiger partial charge in [-0.15, -0.1) is 0 Å². The van der Waals surface area contributed by atoms with Gasteiger partial charge in [-0.25, -0.2) is 0 Å². The molecule has 2 atom stereocenters. The maximum absolute atomic E-state index is 6.42. The van der Waals surface area contributed by atoms with E-state index in [0.29, 0.717) is 12.1 Å². The van der Waals surface area contributed by atoms with Crippen LogP contribution in [-0.2, 0) is 19.3 Å². The number of fused-ring (bicyclic) bond motifs is 2. The number of nitrogens with zero attached hydrogens (tertiary/aromatic N) is 3. The topological polar surface area (TPSA) is 31.4 Å². The highest BCUT2D eigenvalue weighted by atomic mass is 79.9. The molecule has 0 bridgehead atoms. The molecule has 188 valence electrons. The fourth-order valence-corrected chi connectivity index (χ4v) is 7.08. The van der Waals surface area contributed by atoms with E-state index in [9.17, 15) is 0 Å². The van der Waals surface area contributed by atoms with Gasteiger partial charge in [-0.05, 0) is 88.5 Å². The van der Waals surface area contributed by atoms with Crippen LogP contribution in [0.15, 0.2) is 65.3 Å². The van der Waals surface area contributed by atoms with Crippen molar-refractivity contribution in [1.29, 1.82) is 0 Å². The monoisotopic (exact) mass is 564 g/mol. The number of nitrogens with one attached hydrogen (secondary N) is 1. The molecule has 2 saturated heterocycles. The summed E-state index contributed by atoms with van der Waals surface area (Å²) in [6.45, 7) is 5.58. The van der Waals surface area contributed by atoms with Crippen LogP contribution in [-0.4, -0.2) is 59.6 Å². The predicted molar refractivity (Wildman–Crippen MR) is 151 cm³/mol. The number of hydrogen-bond acceptors (Lipinski definition) is 4. The van der Waals surface area contributed by atoms with Crippen molar-refractivity contribution in [3.8, 4) is 0 Å². The Kier molecular flexibility index (Phi) is 7.46. The lowest BCUT2D eigenvalue weighted by Gasteiger charge is -2.44. The molecule has 0 saturated carbocycles. The van der Waals surface area contributed by atoms with Gasteiger partial charge in [0.1, 0.15) is 0 Å². The molecule has 0 amide bonds. The molecule has 0 radical (unpaired) electrons. The molecule has 2 aliphatic heterocycles. The number of halogens is 2. The molecule has 36 heavy (non-hydrogen) atoms. The second kappa shape index (κ2) is 10.9. The molecule has 6 heteroatoms. The van der Waals surface area contributed by atoms with Gasteiger partial charge in [-0.1, -0.05) is 48.0 Å². The number of likely N-dealkylation sites (tertiary alicyclic amines) is 1. The van der Waals surface area contributed by atoms with Gasteiger partial charge in [0, 0.05) is 60.5 Å². The molecular weight excluding hydrogens is 532 g/mol. The Labute approximate surface area is 228 Å². The zero-order valence-corrected chi connectivity index (χ0v) is 23.0. The Morgan fingerprint density at radius 2 is 1.75 bits per heavy atom. The van der Waals surface area contributed by atoms with Crippen LogP contribution in [0.5, 0.6) is 0 Å². The van der Waals surface area contributed by atoms with Gasteiger partial charge in [-0.2, -0.15) is 0 Å². The van der Waals surface area contributed by atoms with Crippen molar-refractivity contribution in [3.63, 3.8) is 0 Å². The molecule has 4 nitrogen and oxygen atoms in total. The Balaban J connectivity index is 1.18. The molecule has 2 aromatic carbocycles. The normalized spacial score (nSPS) is 23.6. The highest BCUT2D eigenvalue weighted by Crippen LogP contribution is 2.39. The molecular formula is C30H34BrClN4. The van der Waals surface area contributed by atoms with E-state index in [-0.39, 0.29) is 6.04 Å². The first-order valence-corrected chi connectivity index (χ1v) is 14.5. The van der Waals surface area contributed by atoms with Crippen LogP contribution in [0.25, 0.3) is 0 Å². The van der Waals surface area contributed by atoms with Gasteiger partial charge >= 0.3 is 0 Å². The molecule has 6 rings (SSSR count). The second-order valence-corrected chi connectivity index (χ2v) is 11.9. The molecule has 1 N–H and O–H groups in total. The third-order valence-corrected chi connectivity index (χ3v) is 8.95. The zero-order valence-electron chi connectivity index (χ0n) is 20.7. The van der Waals surface area contributed by atoms with Crippen LogP contribution >= 0.6 is 27.5 Å². The number of aromatic nitrogens is 1. The largest absolute Gasteiger partial charge is 0.311 e. The summed E-state index contributed by atoms with van der Waals surface area (Å²) in [4.78, 5) is 10.4. The molecule has 3 aromatic rings. The number of hydrogen-bond donors (Lipinski definition) is 1. The van der Waals surface area contributed by atoms with Crippen LogP contribution in [0.2, 0.25) is 5.02 Å². The van der Waals surface area contributed by atoms with Crippen LogP contribution in [0.4, 0.5) is 0 Å². The van der Waals surface area contributed by atoms with Gasteiger partial charge in [-0.3, -0.25) is 14.8 Å². The standard InChI is InChI=1S/C30H34BrClN4/c31-24-17-23-7-6-22-18-25(32)8-9-28(22)30(29(23)34-19-24)35-13-10-27(11-14-35)36-15-12-33-26(20-36)16-21-4-2-1-3-5-21/h1-5,8-9,17-19,26-27,30,33H,6-7,10-16,20H2/t26-,30?/m0/s1. The number of rotatable bonds is 4. The minimum Gasteiger partial charge on any atom is -0.311 e. The van der Waals surface area contributed by atoms with E-state index >= 15 is 0 Å². The molecule has 1 unspecified atom stereocenters. The van der Waals surface area contributed by atoms with E-state index in [2.05, 4.69) is 85.6 Å². The van der Waals surface area contributed by atoms with Gasteiger partial charge in [0.2, 0.25) is 0 Å². The Bertz CT molecular complexity index is 1140. The van der Waals surface area contributed by atoms with Crippen molar-refractivity contribution >= 4 is 27.5 Å². The van der Waals surface area contributed by atoms with Gasteiger partial charge < -0.3 is 5.32 Å². The van der Waals surface area contributed by atoms with E-state index < -0.39 is 0 Å². The summed E-state index contributed by atoms with van der Waals surface area (Å²) in [5, 5.41) is 4.59. The SMILES string of the molecule is Clc1ccc2c(c1)CCc1cc(Br)cnc1C2N1CCC(N2CCN[C@@H](Cc3ccccc3)C2)CC1. The maximum Gasteiger partial charge on any atom is 0.0781 e. The molecule has 3 aliphatic rings. The Morgan fingerprint density at radius 3 is 2.58 bits per heavy atom. The zero-order chi connectivity index (χ0) is 24.5. The van der Waals surface area contributed by atoms with E-state index in [1.54, 1.807) is 0 Å². The van der Waals surface area contributed by atoms with E-state index in [1.165, 1.54) is 40.8 Å². The quantitative estimate of drug-likeness (QED) is 0.442. The minimum absolute atomic E-state index is 0.206. The highest BCUT2D eigenvalue weighted by molar-refractivity contribution is 9.10. The molecule has 1 aliphatic carbocycles. The first-order chi connectivity index (χ1) is 17.6. The lowest BCUT2D eigenvalue weighted by Crippen LogP contribution is -2.56. The van der Waals surface area contributed by atoms with Crippen molar-refractivity contribution in [2.24, 2.45) is 0 Å². The van der Waals surface area contributed by atoms with Crippen LogP contribution < -0.4 is 5.32 Å². The Hall–Kier alpha value is -1.76. The van der Waals surface area contributed by atoms with Crippen LogP contribution in [0.1, 0.15) is 46.8 Å². The number of benzene rings is 2. The number of aryl methyl sites for hydroxylation is 2. The maximum atomic E-state index is 6.42. The van der Waals surface area contributed by atoms with E-state index in [1.807, 2.05) is 6.20 Å². The summed E-state index contributed by atoms with van der Waals surface area (Å²) in [5.74, 6) is 0. The first-order valence-electron chi connectivity index (χ1n) is 13.3. The van der Waals surface area contributed by atoms with Crippen LogP contribution in [0.3, 0.4) is 0 Å². The van der Waals surface area contributed by atoms with E-state index in [4.69, 9.17) is 16.6 Å². The summed E-state index contributed by atoms with van der Waals surface area (Å²) >= 11 is 10.1. The molecule has 3 heterocycles. The third kappa shape index (κ3) is 5.27. The molecule has 0 spiro atoms. The van der Waals surface area contributed by atoms with Gasteiger partial charge in [0.25, 0.3) is 0 Å². The molecule has 1 aromatic heterocycles. The number of piperazine rings is 1. The third-order valence-electron chi connectivity index (χ3n) is 8.28. The number of piperidine rings is 1. The fourth-order valence-electron chi connectivity index (χ4n) is 6.51. The van der Waals surface area contributed by atoms with Crippen molar-refractivity contribution in [1.82, 2.24) is 20.1 Å². The van der Waals surface area contributed by atoms with E-state index in [0.717, 1.165) is 61.5 Å². The average Bonchev–Trinajstić information content (AvgIpc) is 3.06. The predicted octanol–water partition coefficient (Wildman–Crippen LogP) is 5.67. The summed E-state index contributed by atoms with van der Waals surface area (Å²) in [5.41, 5.74) is 6.76. The lowest BCUT2D eigenvalue weighted by molar-refractivity contribution is 0.0715. The average molecular weight is 566 g/mol. The van der Waals surface area contributed by atoms with Gasteiger partial charge in [0.15, 0.2) is 0 Å². The summed E-state index contributed by atoms with van der Waals surface area (Å²) < 4.78 is 1.06. The Morgan fingerprint density at radius 1 is 0.944 bits per heavy atom. The smallest absolute Gasteiger partial charge is 0.0781 e. The number of pyridine rings is 1. The van der Waals surface area contributed by atoms with Crippen molar-refractivity contribution in [2.75, 3.05) is 32.7 Å². The molecule has 2 fully saturated rings. The lowest BCUT2D eigenvalue weighted by atomic mass is 9.93. The fraction of sp³-hybridized carbons (Fsp3) is 0.433. The highest BCUT2D eigenvalue weighted by Gasteiger charge is 2.35. The van der Waals surface area contributed by atoms with Crippen molar-refractivity contribution in [2.45, 2.75) is 50.2 Å². The van der Waals surface area contributed by atoms with Crippen LogP contribution in [0, 0.1) is 0 Å². The summed E-state index contributed by atoms with van der Waals surface area (Å²) in [6.07, 6.45) is 7.51. The minimum atomic E-state index is 0.206. The summed E-state index contributed by atoms with van der Waals surface area (Å²) in [7, 11) is 0. The summed E-state index contributed by atoms with van der Waals surface area (Å²) in [6, 6.07) is 21.0. The second-order valence-electron chi connectivity index (χ2n) is 10.5. The van der Waals surface area contributed by atoms with Crippen molar-refractivity contribution < 1.29 is 0 Å². The first kappa shape index (κ1) is 24.6. The van der Waals surface area contributed by atoms with Gasteiger partial charge in [0.05, 0.1) is 11.7 Å².